The van der Waals surface area contributed by atoms with Crippen molar-refractivity contribution in [2.75, 3.05) is 4.72 Å². The topological polar surface area (TPSA) is 130 Å². The van der Waals surface area contributed by atoms with Crippen LogP contribution in [0.25, 0.3) is 11.3 Å². The zero-order chi connectivity index (χ0) is 22.8. The van der Waals surface area contributed by atoms with Gasteiger partial charge in [-0.1, -0.05) is 42.5 Å². The van der Waals surface area contributed by atoms with Gasteiger partial charge < -0.3 is 9.84 Å². The van der Waals surface area contributed by atoms with E-state index in [-0.39, 0.29) is 16.7 Å². The Morgan fingerprint density at radius 2 is 1.75 bits per heavy atom. The average molecular weight is 452 g/mol. The van der Waals surface area contributed by atoms with E-state index in [1.165, 1.54) is 12.4 Å². The SMILES string of the molecule is CC(C)(O)c1ccc(Oc2cc(-c3ccccc3)nc(NS(=O)(=O)c3cn[nH]c3)n2)cc1. The summed E-state index contributed by atoms with van der Waals surface area (Å²) >= 11 is 0. The molecule has 9 nitrogen and oxygen atoms in total. The van der Waals surface area contributed by atoms with E-state index in [0.29, 0.717) is 11.4 Å². The second-order valence-corrected chi connectivity index (χ2v) is 9.19. The van der Waals surface area contributed by atoms with Crippen molar-refractivity contribution < 1.29 is 18.3 Å². The van der Waals surface area contributed by atoms with Crippen molar-refractivity contribution in [3.05, 3.63) is 78.6 Å². The maximum Gasteiger partial charge on any atom is 0.267 e. The smallest absolute Gasteiger partial charge is 0.267 e. The van der Waals surface area contributed by atoms with Crippen LogP contribution in [-0.2, 0) is 15.6 Å². The predicted octanol–water partition coefficient (Wildman–Crippen LogP) is 3.69. The molecule has 0 fully saturated rings. The van der Waals surface area contributed by atoms with Crippen LogP contribution in [0.2, 0.25) is 0 Å². The van der Waals surface area contributed by atoms with Gasteiger partial charge in [0, 0.05) is 17.8 Å². The van der Waals surface area contributed by atoms with Crippen LogP contribution in [0.5, 0.6) is 11.6 Å². The van der Waals surface area contributed by atoms with Crippen molar-refractivity contribution in [3.63, 3.8) is 0 Å². The predicted molar refractivity (Wildman–Crippen MR) is 119 cm³/mol. The van der Waals surface area contributed by atoms with Crippen LogP contribution in [0.4, 0.5) is 5.95 Å². The van der Waals surface area contributed by atoms with Gasteiger partial charge >= 0.3 is 0 Å². The number of benzene rings is 2. The Morgan fingerprint density at radius 1 is 1.03 bits per heavy atom. The highest BCUT2D eigenvalue weighted by Crippen LogP contribution is 2.28. The minimum Gasteiger partial charge on any atom is -0.439 e. The average Bonchev–Trinajstić information content (AvgIpc) is 3.30. The summed E-state index contributed by atoms with van der Waals surface area (Å²) in [4.78, 5) is 8.51. The van der Waals surface area contributed by atoms with Gasteiger partial charge in [-0.2, -0.15) is 10.1 Å². The molecular formula is C22H21N5O4S. The Labute approximate surface area is 185 Å². The Bertz CT molecular complexity index is 1300. The number of aromatic amines is 1. The maximum atomic E-state index is 12.6. The molecule has 10 heteroatoms. The number of nitrogens with one attached hydrogen (secondary N) is 2. The van der Waals surface area contributed by atoms with Gasteiger partial charge in [-0.25, -0.2) is 18.1 Å². The molecule has 2 heterocycles. The van der Waals surface area contributed by atoms with Gasteiger partial charge in [0.2, 0.25) is 11.8 Å². The van der Waals surface area contributed by atoms with Crippen LogP contribution in [0, 0.1) is 0 Å². The highest BCUT2D eigenvalue weighted by atomic mass is 32.2. The summed E-state index contributed by atoms with van der Waals surface area (Å²) in [7, 11) is -3.93. The Balaban J connectivity index is 1.69. The van der Waals surface area contributed by atoms with Crippen LogP contribution < -0.4 is 9.46 Å². The number of sulfonamides is 1. The maximum absolute atomic E-state index is 12.6. The number of aliphatic hydroxyl groups is 1. The zero-order valence-electron chi connectivity index (χ0n) is 17.4. The van der Waals surface area contributed by atoms with Crippen LogP contribution in [0.15, 0.2) is 78.0 Å². The summed E-state index contributed by atoms with van der Waals surface area (Å²) in [5.41, 5.74) is 0.993. The Morgan fingerprint density at radius 3 is 2.38 bits per heavy atom. The summed E-state index contributed by atoms with van der Waals surface area (Å²) in [5.74, 6) is 0.481. The summed E-state index contributed by atoms with van der Waals surface area (Å²) in [6.45, 7) is 3.38. The van der Waals surface area contributed by atoms with E-state index >= 15 is 0 Å². The molecule has 0 saturated heterocycles. The van der Waals surface area contributed by atoms with Crippen molar-refractivity contribution in [3.8, 4) is 22.9 Å². The highest BCUT2D eigenvalue weighted by molar-refractivity contribution is 7.92. The van der Waals surface area contributed by atoms with Gasteiger partial charge in [0.05, 0.1) is 17.5 Å². The largest absolute Gasteiger partial charge is 0.439 e. The third-order valence-corrected chi connectivity index (χ3v) is 5.86. The monoisotopic (exact) mass is 451 g/mol. The third-order valence-electron chi connectivity index (χ3n) is 4.56. The number of hydrogen-bond acceptors (Lipinski definition) is 7. The van der Waals surface area contributed by atoms with E-state index in [9.17, 15) is 13.5 Å². The molecule has 0 aliphatic heterocycles. The molecule has 32 heavy (non-hydrogen) atoms. The number of aromatic nitrogens is 4. The van der Waals surface area contributed by atoms with Crippen molar-refractivity contribution in [2.45, 2.75) is 24.3 Å². The molecule has 0 atom stereocenters. The number of H-pyrrole nitrogens is 1. The molecular weight excluding hydrogens is 430 g/mol. The fourth-order valence-electron chi connectivity index (χ4n) is 2.90. The van der Waals surface area contributed by atoms with Gasteiger partial charge in [-0.15, -0.1) is 0 Å². The first-order valence-electron chi connectivity index (χ1n) is 9.68. The summed E-state index contributed by atoms with van der Waals surface area (Å²) < 4.78 is 33.4. The molecule has 0 radical (unpaired) electrons. The van der Waals surface area contributed by atoms with Gasteiger partial charge in [0.25, 0.3) is 10.0 Å². The van der Waals surface area contributed by atoms with Crippen LogP contribution in [0.1, 0.15) is 19.4 Å². The minimum atomic E-state index is -3.93. The molecule has 164 valence electrons. The molecule has 4 aromatic rings. The summed E-state index contributed by atoms with van der Waals surface area (Å²) in [5, 5.41) is 16.3. The first-order valence-corrected chi connectivity index (χ1v) is 11.2. The van der Waals surface area contributed by atoms with E-state index in [0.717, 1.165) is 11.1 Å². The first kappa shape index (κ1) is 21.5. The zero-order valence-corrected chi connectivity index (χ0v) is 18.2. The van der Waals surface area contributed by atoms with E-state index < -0.39 is 15.6 Å². The Hall–Kier alpha value is -3.76. The second-order valence-electron chi connectivity index (χ2n) is 7.51. The molecule has 0 aliphatic carbocycles. The molecule has 3 N–H and O–H groups in total. The molecule has 0 saturated carbocycles. The fraction of sp³-hybridized carbons (Fsp3) is 0.136. The lowest BCUT2D eigenvalue weighted by molar-refractivity contribution is 0.0785. The quantitative estimate of drug-likeness (QED) is 0.391. The lowest BCUT2D eigenvalue weighted by Crippen LogP contribution is -2.15. The van der Waals surface area contributed by atoms with Crippen LogP contribution in [0.3, 0.4) is 0 Å². The van der Waals surface area contributed by atoms with E-state index in [1.807, 2.05) is 30.3 Å². The number of nitrogens with zero attached hydrogens (tertiary/aromatic N) is 3. The number of rotatable bonds is 7. The fourth-order valence-corrected chi connectivity index (χ4v) is 3.75. The number of ether oxygens (including phenoxy) is 1. The van der Waals surface area contributed by atoms with Crippen molar-refractivity contribution in [1.82, 2.24) is 20.2 Å². The van der Waals surface area contributed by atoms with Crippen molar-refractivity contribution in [1.29, 1.82) is 0 Å². The lowest BCUT2D eigenvalue weighted by atomic mass is 9.99. The second kappa shape index (κ2) is 8.40. The van der Waals surface area contributed by atoms with Crippen molar-refractivity contribution in [2.24, 2.45) is 0 Å². The summed E-state index contributed by atoms with van der Waals surface area (Å²) in [6.07, 6.45) is 2.44. The van der Waals surface area contributed by atoms with Gasteiger partial charge in [0.1, 0.15) is 10.6 Å². The molecule has 2 aromatic carbocycles. The molecule has 0 spiro atoms. The number of anilines is 1. The molecule has 0 bridgehead atoms. The number of hydrogen-bond donors (Lipinski definition) is 3. The van der Waals surface area contributed by atoms with Crippen molar-refractivity contribution >= 4 is 16.0 Å². The summed E-state index contributed by atoms with van der Waals surface area (Å²) in [6, 6.07) is 17.8. The minimum absolute atomic E-state index is 0.0455. The first-order chi connectivity index (χ1) is 15.2. The molecule has 0 unspecified atom stereocenters. The normalized spacial score (nSPS) is 11.8. The molecule has 0 aliphatic rings. The molecule has 2 aromatic heterocycles. The van der Waals surface area contributed by atoms with Gasteiger partial charge in [0.15, 0.2) is 0 Å². The van der Waals surface area contributed by atoms with Gasteiger partial charge in [-0.3, -0.25) is 5.10 Å². The molecule has 0 amide bonds. The van der Waals surface area contributed by atoms with Gasteiger partial charge in [-0.05, 0) is 31.5 Å². The molecule has 4 rings (SSSR count). The van der Waals surface area contributed by atoms with E-state index in [2.05, 4.69) is 24.9 Å². The van der Waals surface area contributed by atoms with Crippen LogP contribution in [-0.4, -0.2) is 33.7 Å². The lowest BCUT2D eigenvalue weighted by Gasteiger charge is -2.18. The van der Waals surface area contributed by atoms with E-state index in [4.69, 9.17) is 4.74 Å². The van der Waals surface area contributed by atoms with E-state index in [1.54, 1.807) is 44.2 Å². The van der Waals surface area contributed by atoms with Crippen LogP contribution >= 0.6 is 0 Å². The standard InChI is InChI=1S/C22H21N5O4S/c1-22(2,28)16-8-10-17(11-9-16)31-20-12-19(15-6-4-3-5-7-15)25-21(26-20)27-32(29,30)18-13-23-24-14-18/h3-14,28H,1-2H3,(H,23,24)(H,25,26,27). The Kier molecular flexibility index (Phi) is 5.64. The third kappa shape index (κ3) is 4.93. The highest BCUT2D eigenvalue weighted by Gasteiger charge is 2.19.